The van der Waals surface area contributed by atoms with Gasteiger partial charge in [-0.25, -0.2) is 0 Å². The number of rotatable bonds is 11. The Bertz CT molecular complexity index is 177. The molecule has 1 N–H and O–H groups in total. The molecule has 0 amide bonds. The van der Waals surface area contributed by atoms with Crippen LogP contribution < -0.4 is 0 Å². The maximum Gasteiger partial charge on any atom is 0.144 e. The number of unbranched alkanes of at least 4 members (excludes halogenated alkanes) is 5. The normalized spacial score (nSPS) is 12.3. The molecular formula is C13H25NO2. The number of aliphatic hydroxyl groups is 1. The van der Waals surface area contributed by atoms with Gasteiger partial charge in [0, 0.05) is 13.2 Å². The van der Waals surface area contributed by atoms with Crippen LogP contribution in [0.15, 0.2) is 0 Å². The van der Waals surface area contributed by atoms with Crippen LogP contribution in [0.4, 0.5) is 0 Å². The first kappa shape index (κ1) is 15.4. The molecule has 3 heteroatoms. The molecule has 0 aliphatic carbocycles. The van der Waals surface area contributed by atoms with Crippen molar-refractivity contribution in [2.24, 2.45) is 0 Å². The first-order valence-corrected chi connectivity index (χ1v) is 6.47. The minimum absolute atomic E-state index is 0.137. The van der Waals surface area contributed by atoms with Crippen LogP contribution in [-0.4, -0.2) is 24.4 Å². The summed E-state index contributed by atoms with van der Waals surface area (Å²) in [5.74, 6) is 0. The van der Waals surface area contributed by atoms with Crippen molar-refractivity contribution in [1.82, 2.24) is 0 Å². The third-order valence-corrected chi connectivity index (χ3v) is 2.59. The molecule has 1 atom stereocenters. The molecule has 0 aromatic rings. The van der Waals surface area contributed by atoms with Crippen molar-refractivity contribution in [2.45, 2.75) is 64.4 Å². The fourth-order valence-corrected chi connectivity index (χ4v) is 1.57. The lowest BCUT2D eigenvalue weighted by Crippen LogP contribution is -2.12. The molecule has 0 aliphatic heterocycles. The molecule has 0 saturated heterocycles. The van der Waals surface area contributed by atoms with Gasteiger partial charge in [0.05, 0.1) is 6.07 Å². The lowest BCUT2D eigenvalue weighted by atomic mass is 10.1. The van der Waals surface area contributed by atoms with Crippen LogP contribution in [0.1, 0.15) is 58.3 Å². The van der Waals surface area contributed by atoms with Crippen LogP contribution in [0.3, 0.4) is 0 Å². The largest absolute Gasteiger partial charge is 0.396 e. The second-order valence-corrected chi connectivity index (χ2v) is 4.12. The average molecular weight is 227 g/mol. The summed E-state index contributed by atoms with van der Waals surface area (Å²) in [5.41, 5.74) is 0. The molecule has 0 rings (SSSR count). The van der Waals surface area contributed by atoms with E-state index < -0.39 is 0 Å². The Morgan fingerprint density at radius 3 is 2.44 bits per heavy atom. The molecule has 0 aliphatic rings. The molecule has 94 valence electrons. The van der Waals surface area contributed by atoms with Gasteiger partial charge in [-0.2, -0.15) is 5.26 Å². The standard InChI is InChI=1S/C13H25NO2/c1-2-3-4-5-6-7-11-16-13(12-14)9-8-10-15/h13,15H,2-11H2,1H3. The van der Waals surface area contributed by atoms with Crippen LogP contribution in [0, 0.1) is 11.3 Å². The van der Waals surface area contributed by atoms with Gasteiger partial charge in [0.2, 0.25) is 0 Å². The van der Waals surface area contributed by atoms with Crippen molar-refractivity contribution in [1.29, 1.82) is 5.26 Å². The average Bonchev–Trinajstić information content (AvgIpc) is 2.32. The van der Waals surface area contributed by atoms with Crippen molar-refractivity contribution in [2.75, 3.05) is 13.2 Å². The Labute approximate surface area is 99.4 Å². The van der Waals surface area contributed by atoms with Gasteiger partial charge in [0.1, 0.15) is 6.10 Å². The Hall–Kier alpha value is -0.590. The maximum atomic E-state index is 8.77. The van der Waals surface area contributed by atoms with Crippen LogP contribution in [0.5, 0.6) is 0 Å². The van der Waals surface area contributed by atoms with Crippen molar-refractivity contribution in [3.8, 4) is 6.07 Å². The van der Waals surface area contributed by atoms with Crippen molar-refractivity contribution in [3.05, 3.63) is 0 Å². The number of ether oxygens (including phenoxy) is 1. The minimum Gasteiger partial charge on any atom is -0.396 e. The lowest BCUT2D eigenvalue weighted by molar-refractivity contribution is 0.0758. The van der Waals surface area contributed by atoms with E-state index in [4.69, 9.17) is 15.1 Å². The number of hydrogen-bond acceptors (Lipinski definition) is 3. The SMILES string of the molecule is CCCCCCCCOC(C#N)CCCO. The number of nitrogens with zero attached hydrogens (tertiary/aromatic N) is 1. The summed E-state index contributed by atoms with van der Waals surface area (Å²) in [5, 5.41) is 17.4. The van der Waals surface area contributed by atoms with Crippen molar-refractivity contribution in [3.63, 3.8) is 0 Å². The summed E-state index contributed by atoms with van der Waals surface area (Å²) in [6.45, 7) is 3.02. The number of aliphatic hydroxyl groups excluding tert-OH is 1. The first-order valence-electron chi connectivity index (χ1n) is 6.47. The van der Waals surface area contributed by atoms with E-state index in [9.17, 15) is 0 Å². The topological polar surface area (TPSA) is 53.2 Å². The molecule has 3 nitrogen and oxygen atoms in total. The Balaban J connectivity index is 3.25. The highest BCUT2D eigenvalue weighted by atomic mass is 16.5. The minimum atomic E-state index is -0.331. The summed E-state index contributed by atoms with van der Waals surface area (Å²) in [7, 11) is 0. The fourth-order valence-electron chi connectivity index (χ4n) is 1.57. The van der Waals surface area contributed by atoms with Crippen molar-refractivity contribution >= 4 is 0 Å². The molecule has 0 aromatic heterocycles. The smallest absolute Gasteiger partial charge is 0.144 e. The van der Waals surface area contributed by atoms with E-state index in [0.29, 0.717) is 19.4 Å². The highest BCUT2D eigenvalue weighted by Crippen LogP contribution is 2.07. The molecule has 0 aromatic carbocycles. The quantitative estimate of drug-likeness (QED) is 0.552. The molecule has 0 spiro atoms. The van der Waals surface area contributed by atoms with Gasteiger partial charge in [-0.05, 0) is 19.3 Å². The van der Waals surface area contributed by atoms with E-state index in [1.165, 1.54) is 32.1 Å². The first-order chi connectivity index (χ1) is 7.85. The van der Waals surface area contributed by atoms with E-state index in [1.54, 1.807) is 0 Å². The van der Waals surface area contributed by atoms with Crippen LogP contribution in [0.25, 0.3) is 0 Å². The molecule has 0 bridgehead atoms. The molecule has 0 fully saturated rings. The highest BCUT2D eigenvalue weighted by molar-refractivity contribution is 4.83. The molecule has 0 saturated carbocycles. The van der Waals surface area contributed by atoms with Gasteiger partial charge in [-0.3, -0.25) is 0 Å². The maximum absolute atomic E-state index is 8.77. The summed E-state index contributed by atoms with van der Waals surface area (Å²) in [6, 6.07) is 2.11. The van der Waals surface area contributed by atoms with Gasteiger partial charge in [-0.1, -0.05) is 39.0 Å². The molecular weight excluding hydrogens is 202 g/mol. The highest BCUT2D eigenvalue weighted by Gasteiger charge is 2.05. The van der Waals surface area contributed by atoms with Gasteiger partial charge < -0.3 is 9.84 Å². The Kier molecular flexibility index (Phi) is 12.0. The van der Waals surface area contributed by atoms with Gasteiger partial charge in [0.15, 0.2) is 0 Å². The fraction of sp³-hybridized carbons (Fsp3) is 0.923. The Morgan fingerprint density at radius 2 is 1.81 bits per heavy atom. The molecule has 0 heterocycles. The van der Waals surface area contributed by atoms with Crippen LogP contribution in [0.2, 0.25) is 0 Å². The third kappa shape index (κ3) is 9.95. The van der Waals surface area contributed by atoms with E-state index in [-0.39, 0.29) is 12.7 Å². The summed E-state index contributed by atoms with van der Waals surface area (Å²) < 4.78 is 5.43. The predicted octanol–water partition coefficient (Wildman–Crippen LogP) is 3.03. The van der Waals surface area contributed by atoms with Crippen LogP contribution in [-0.2, 0) is 4.74 Å². The zero-order valence-corrected chi connectivity index (χ0v) is 10.5. The number of hydrogen-bond donors (Lipinski definition) is 1. The number of nitriles is 1. The zero-order chi connectivity index (χ0) is 12.1. The molecule has 16 heavy (non-hydrogen) atoms. The lowest BCUT2D eigenvalue weighted by Gasteiger charge is -2.09. The second-order valence-electron chi connectivity index (χ2n) is 4.12. The monoisotopic (exact) mass is 227 g/mol. The molecule has 0 radical (unpaired) electrons. The third-order valence-electron chi connectivity index (χ3n) is 2.59. The van der Waals surface area contributed by atoms with E-state index in [0.717, 1.165) is 6.42 Å². The van der Waals surface area contributed by atoms with Gasteiger partial charge in [0.25, 0.3) is 0 Å². The summed E-state index contributed by atoms with van der Waals surface area (Å²) in [6.07, 6.45) is 8.36. The summed E-state index contributed by atoms with van der Waals surface area (Å²) in [4.78, 5) is 0. The van der Waals surface area contributed by atoms with E-state index in [2.05, 4.69) is 13.0 Å². The van der Waals surface area contributed by atoms with E-state index >= 15 is 0 Å². The zero-order valence-electron chi connectivity index (χ0n) is 10.5. The second kappa shape index (κ2) is 12.5. The van der Waals surface area contributed by atoms with E-state index in [1.807, 2.05) is 0 Å². The summed E-state index contributed by atoms with van der Waals surface area (Å²) >= 11 is 0. The Morgan fingerprint density at radius 1 is 1.12 bits per heavy atom. The van der Waals surface area contributed by atoms with Crippen LogP contribution >= 0.6 is 0 Å². The predicted molar refractivity (Wildman–Crippen MR) is 65.0 cm³/mol. The van der Waals surface area contributed by atoms with Gasteiger partial charge >= 0.3 is 0 Å². The van der Waals surface area contributed by atoms with Gasteiger partial charge in [-0.15, -0.1) is 0 Å². The van der Waals surface area contributed by atoms with Crippen molar-refractivity contribution < 1.29 is 9.84 Å². The molecule has 1 unspecified atom stereocenters.